The first-order chi connectivity index (χ1) is 9.50. The fourth-order valence-corrected chi connectivity index (χ4v) is 3.63. The van der Waals surface area contributed by atoms with E-state index in [1.54, 1.807) is 0 Å². The number of rotatable bonds is 8. The molecule has 3 unspecified atom stereocenters. The zero-order valence-electron chi connectivity index (χ0n) is 13.5. The Morgan fingerprint density at radius 2 is 1.75 bits per heavy atom. The molecule has 0 aromatic carbocycles. The molecule has 120 valence electrons. The average Bonchev–Trinajstić information content (AvgIpc) is 2.46. The van der Waals surface area contributed by atoms with Gasteiger partial charge >= 0.3 is 0 Å². The highest BCUT2D eigenvalue weighted by Crippen LogP contribution is 2.43. The van der Waals surface area contributed by atoms with Crippen LogP contribution in [0.25, 0.3) is 0 Å². The third kappa shape index (κ3) is 4.42. The van der Waals surface area contributed by atoms with Gasteiger partial charge in [0, 0.05) is 19.1 Å². The Labute approximate surface area is 124 Å². The molecule has 4 heteroatoms. The van der Waals surface area contributed by atoms with E-state index in [4.69, 9.17) is 5.73 Å². The molecule has 0 radical (unpaired) electrons. The van der Waals surface area contributed by atoms with Crippen LogP contribution in [0, 0.1) is 17.3 Å². The Bertz CT molecular complexity index is 265. The van der Waals surface area contributed by atoms with Gasteiger partial charge in [-0.3, -0.25) is 4.90 Å². The molecular formula is C16H34N2O2. The van der Waals surface area contributed by atoms with Crippen LogP contribution in [-0.2, 0) is 0 Å². The minimum atomic E-state index is 0.148. The lowest BCUT2D eigenvalue weighted by molar-refractivity contribution is 0.0217. The highest BCUT2D eigenvalue weighted by atomic mass is 16.3. The third-order valence-corrected chi connectivity index (χ3v) is 5.52. The molecule has 4 N–H and O–H groups in total. The summed E-state index contributed by atoms with van der Waals surface area (Å²) >= 11 is 0. The first-order valence-electron chi connectivity index (χ1n) is 8.16. The Morgan fingerprint density at radius 3 is 2.20 bits per heavy atom. The summed E-state index contributed by atoms with van der Waals surface area (Å²) in [5, 5.41) is 18.5. The number of nitrogens with zero attached hydrogens (tertiary/aromatic N) is 1. The molecule has 1 aliphatic carbocycles. The van der Waals surface area contributed by atoms with Crippen molar-refractivity contribution >= 4 is 0 Å². The Kier molecular flexibility index (Phi) is 7.45. The fourth-order valence-electron chi connectivity index (χ4n) is 3.63. The van der Waals surface area contributed by atoms with Crippen molar-refractivity contribution in [2.75, 3.05) is 32.8 Å². The second-order valence-corrected chi connectivity index (χ2v) is 6.90. The summed E-state index contributed by atoms with van der Waals surface area (Å²) in [5.41, 5.74) is 6.32. The maximum absolute atomic E-state index is 9.27. The van der Waals surface area contributed by atoms with Crippen molar-refractivity contribution in [1.29, 1.82) is 0 Å². The predicted molar refractivity (Wildman–Crippen MR) is 83.5 cm³/mol. The van der Waals surface area contributed by atoms with Gasteiger partial charge in [0.05, 0.1) is 13.2 Å². The van der Waals surface area contributed by atoms with Crippen LogP contribution in [0.5, 0.6) is 0 Å². The Balaban J connectivity index is 2.80. The summed E-state index contributed by atoms with van der Waals surface area (Å²) in [6.07, 6.45) is 4.76. The van der Waals surface area contributed by atoms with Crippen molar-refractivity contribution in [1.82, 2.24) is 4.90 Å². The molecule has 0 spiro atoms. The maximum Gasteiger partial charge on any atom is 0.0558 e. The molecule has 0 amide bonds. The summed E-state index contributed by atoms with van der Waals surface area (Å²) in [6, 6.07) is 0.406. The molecule has 1 rings (SSSR count). The van der Waals surface area contributed by atoms with Gasteiger partial charge in [0.1, 0.15) is 0 Å². The number of hydrogen-bond donors (Lipinski definition) is 3. The number of nitrogens with two attached hydrogens (primary N) is 1. The average molecular weight is 286 g/mol. The minimum Gasteiger partial charge on any atom is -0.395 e. The van der Waals surface area contributed by atoms with Crippen molar-refractivity contribution in [2.45, 2.75) is 52.5 Å². The molecule has 4 nitrogen and oxygen atoms in total. The topological polar surface area (TPSA) is 69.7 Å². The molecule has 1 fully saturated rings. The van der Waals surface area contributed by atoms with Gasteiger partial charge in [0.2, 0.25) is 0 Å². The van der Waals surface area contributed by atoms with Gasteiger partial charge in [-0.05, 0) is 43.1 Å². The standard InChI is InChI=1S/C16H34N2O2/c1-4-16(2,3)14-6-5-13(12-17)15(11-14)18(7-9-19)8-10-20/h13-15,19-20H,4-12,17H2,1-3H3. The van der Waals surface area contributed by atoms with Crippen LogP contribution < -0.4 is 5.73 Å². The fraction of sp³-hybridized carbons (Fsp3) is 1.00. The number of hydrogen-bond acceptors (Lipinski definition) is 4. The van der Waals surface area contributed by atoms with E-state index in [1.807, 2.05) is 0 Å². The van der Waals surface area contributed by atoms with Crippen LogP contribution in [-0.4, -0.2) is 54.0 Å². The predicted octanol–water partition coefficient (Wildman–Crippen LogP) is 1.45. The largest absolute Gasteiger partial charge is 0.395 e. The first-order valence-corrected chi connectivity index (χ1v) is 8.16. The summed E-state index contributed by atoms with van der Waals surface area (Å²) < 4.78 is 0. The minimum absolute atomic E-state index is 0.148. The zero-order chi connectivity index (χ0) is 15.2. The zero-order valence-corrected chi connectivity index (χ0v) is 13.5. The van der Waals surface area contributed by atoms with Crippen LogP contribution in [0.2, 0.25) is 0 Å². The van der Waals surface area contributed by atoms with Gasteiger partial charge < -0.3 is 15.9 Å². The van der Waals surface area contributed by atoms with E-state index in [0.29, 0.717) is 42.9 Å². The van der Waals surface area contributed by atoms with Gasteiger partial charge in [0.15, 0.2) is 0 Å². The Hall–Kier alpha value is -0.160. The summed E-state index contributed by atoms with van der Waals surface area (Å²) in [6.45, 7) is 9.27. The molecule has 0 heterocycles. The van der Waals surface area contributed by atoms with Crippen LogP contribution in [0.3, 0.4) is 0 Å². The molecule has 20 heavy (non-hydrogen) atoms. The molecule has 0 aromatic heterocycles. The molecule has 1 aliphatic rings. The van der Waals surface area contributed by atoms with Crippen LogP contribution in [0.1, 0.15) is 46.5 Å². The monoisotopic (exact) mass is 286 g/mol. The normalized spacial score (nSPS) is 28.1. The van der Waals surface area contributed by atoms with Gasteiger partial charge in [-0.1, -0.05) is 27.2 Å². The highest BCUT2D eigenvalue weighted by Gasteiger charge is 2.38. The van der Waals surface area contributed by atoms with Gasteiger partial charge in [0.25, 0.3) is 0 Å². The lowest BCUT2D eigenvalue weighted by Gasteiger charge is -2.46. The molecule has 0 bridgehead atoms. The maximum atomic E-state index is 9.27. The van der Waals surface area contributed by atoms with Crippen molar-refractivity contribution in [3.05, 3.63) is 0 Å². The van der Waals surface area contributed by atoms with E-state index in [2.05, 4.69) is 25.7 Å². The summed E-state index contributed by atoms with van der Waals surface area (Å²) in [7, 11) is 0. The van der Waals surface area contributed by atoms with Crippen LogP contribution in [0.4, 0.5) is 0 Å². The van der Waals surface area contributed by atoms with Gasteiger partial charge in [-0.15, -0.1) is 0 Å². The van der Waals surface area contributed by atoms with Gasteiger partial charge in [-0.25, -0.2) is 0 Å². The van der Waals surface area contributed by atoms with E-state index >= 15 is 0 Å². The second kappa shape index (κ2) is 8.32. The Morgan fingerprint density at radius 1 is 1.15 bits per heavy atom. The smallest absolute Gasteiger partial charge is 0.0558 e. The van der Waals surface area contributed by atoms with Crippen molar-refractivity contribution in [3.63, 3.8) is 0 Å². The molecular weight excluding hydrogens is 252 g/mol. The molecule has 0 saturated heterocycles. The van der Waals surface area contributed by atoms with E-state index in [0.717, 1.165) is 6.42 Å². The van der Waals surface area contributed by atoms with E-state index < -0.39 is 0 Å². The quantitative estimate of drug-likeness (QED) is 0.632. The highest BCUT2D eigenvalue weighted by molar-refractivity contribution is 4.92. The molecule has 1 saturated carbocycles. The SMILES string of the molecule is CCC(C)(C)C1CCC(CN)C(N(CCO)CCO)C1. The second-order valence-electron chi connectivity index (χ2n) is 6.90. The number of aliphatic hydroxyl groups is 2. The van der Waals surface area contributed by atoms with Gasteiger partial charge in [-0.2, -0.15) is 0 Å². The summed E-state index contributed by atoms with van der Waals surface area (Å²) in [4.78, 5) is 2.25. The molecule has 0 aliphatic heterocycles. The van der Waals surface area contributed by atoms with Crippen molar-refractivity contribution in [3.8, 4) is 0 Å². The van der Waals surface area contributed by atoms with Crippen molar-refractivity contribution < 1.29 is 10.2 Å². The lowest BCUT2D eigenvalue weighted by atomic mass is 9.65. The van der Waals surface area contributed by atoms with E-state index in [-0.39, 0.29) is 13.2 Å². The summed E-state index contributed by atoms with van der Waals surface area (Å²) in [5.74, 6) is 1.21. The third-order valence-electron chi connectivity index (χ3n) is 5.52. The van der Waals surface area contributed by atoms with E-state index in [9.17, 15) is 10.2 Å². The van der Waals surface area contributed by atoms with E-state index in [1.165, 1.54) is 19.3 Å². The van der Waals surface area contributed by atoms with Crippen LogP contribution >= 0.6 is 0 Å². The molecule has 3 atom stereocenters. The first kappa shape index (κ1) is 17.9. The molecule has 0 aromatic rings. The lowest BCUT2D eigenvalue weighted by Crippen LogP contribution is -2.50. The number of aliphatic hydroxyl groups excluding tert-OH is 2. The van der Waals surface area contributed by atoms with Crippen molar-refractivity contribution in [2.24, 2.45) is 23.0 Å². The van der Waals surface area contributed by atoms with Crippen LogP contribution in [0.15, 0.2) is 0 Å².